The SMILES string of the molecule is Nc1cc(NC2(CO)CCCCC2)nc(C(F)(F)F)n1. The molecule has 5 nitrogen and oxygen atoms in total. The van der Waals surface area contributed by atoms with Crippen molar-refractivity contribution in [3.63, 3.8) is 0 Å². The average molecular weight is 290 g/mol. The summed E-state index contributed by atoms with van der Waals surface area (Å²) in [5.41, 5.74) is 4.77. The lowest BCUT2D eigenvalue weighted by Crippen LogP contribution is -2.44. The molecule has 1 aromatic heterocycles. The predicted octanol–water partition coefficient (Wildman–Crippen LogP) is 2.18. The molecule has 0 bridgehead atoms. The van der Waals surface area contributed by atoms with Crippen LogP contribution in [0.15, 0.2) is 6.07 Å². The van der Waals surface area contributed by atoms with Gasteiger partial charge in [0.15, 0.2) is 0 Å². The van der Waals surface area contributed by atoms with Gasteiger partial charge in [0.1, 0.15) is 11.6 Å². The summed E-state index contributed by atoms with van der Waals surface area (Å²) in [6, 6.07) is 1.25. The Labute approximate surface area is 114 Å². The van der Waals surface area contributed by atoms with E-state index in [9.17, 15) is 18.3 Å². The van der Waals surface area contributed by atoms with Gasteiger partial charge in [-0.25, -0.2) is 9.97 Å². The highest BCUT2D eigenvalue weighted by atomic mass is 19.4. The fourth-order valence-corrected chi connectivity index (χ4v) is 2.48. The van der Waals surface area contributed by atoms with E-state index in [-0.39, 0.29) is 18.2 Å². The van der Waals surface area contributed by atoms with Crippen molar-refractivity contribution in [3.05, 3.63) is 11.9 Å². The van der Waals surface area contributed by atoms with Crippen molar-refractivity contribution in [1.29, 1.82) is 0 Å². The van der Waals surface area contributed by atoms with E-state index in [1.54, 1.807) is 0 Å². The minimum atomic E-state index is -4.65. The number of nitrogen functional groups attached to an aromatic ring is 1. The first-order valence-electron chi connectivity index (χ1n) is 6.45. The first-order valence-corrected chi connectivity index (χ1v) is 6.45. The standard InChI is InChI=1S/C12H17F3N4O/c13-12(14,15)10-17-8(16)6-9(18-10)19-11(7-20)4-2-1-3-5-11/h6,20H,1-5,7H2,(H3,16,17,18,19). The Morgan fingerprint density at radius 3 is 2.45 bits per heavy atom. The van der Waals surface area contributed by atoms with Gasteiger partial charge < -0.3 is 16.2 Å². The Morgan fingerprint density at radius 2 is 1.90 bits per heavy atom. The van der Waals surface area contributed by atoms with E-state index >= 15 is 0 Å². The number of nitrogens with one attached hydrogen (secondary N) is 1. The Kier molecular flexibility index (Phi) is 4.03. The fourth-order valence-electron chi connectivity index (χ4n) is 2.48. The minimum absolute atomic E-state index is 0.000718. The van der Waals surface area contributed by atoms with Crippen LogP contribution in [0.4, 0.5) is 24.8 Å². The van der Waals surface area contributed by atoms with E-state index < -0.39 is 17.5 Å². The maximum absolute atomic E-state index is 12.6. The molecule has 0 spiro atoms. The van der Waals surface area contributed by atoms with Gasteiger partial charge in [0.2, 0.25) is 5.82 Å². The maximum Gasteiger partial charge on any atom is 0.451 e. The molecule has 1 aromatic rings. The van der Waals surface area contributed by atoms with Gasteiger partial charge in [-0.05, 0) is 12.8 Å². The van der Waals surface area contributed by atoms with Crippen LogP contribution in [0.3, 0.4) is 0 Å². The molecule has 0 unspecified atom stereocenters. The molecule has 0 aliphatic heterocycles. The van der Waals surface area contributed by atoms with Crippen LogP contribution in [0.1, 0.15) is 37.9 Å². The summed E-state index contributed by atoms with van der Waals surface area (Å²) in [5.74, 6) is -1.52. The number of rotatable bonds is 3. The van der Waals surface area contributed by atoms with Gasteiger partial charge in [-0.3, -0.25) is 0 Å². The third-order valence-corrected chi connectivity index (χ3v) is 3.51. The van der Waals surface area contributed by atoms with E-state index in [0.717, 1.165) is 19.3 Å². The number of aromatic nitrogens is 2. The molecule has 0 atom stereocenters. The van der Waals surface area contributed by atoms with E-state index in [0.29, 0.717) is 12.8 Å². The van der Waals surface area contributed by atoms with Crippen molar-refractivity contribution < 1.29 is 18.3 Å². The second-order valence-electron chi connectivity index (χ2n) is 5.12. The van der Waals surface area contributed by atoms with E-state index in [4.69, 9.17) is 5.73 Å². The van der Waals surface area contributed by atoms with Gasteiger partial charge in [-0.2, -0.15) is 13.2 Å². The molecule has 0 amide bonds. The monoisotopic (exact) mass is 290 g/mol. The number of aliphatic hydroxyl groups is 1. The van der Waals surface area contributed by atoms with Gasteiger partial charge in [-0.1, -0.05) is 19.3 Å². The highest BCUT2D eigenvalue weighted by molar-refractivity contribution is 5.47. The quantitative estimate of drug-likeness (QED) is 0.794. The molecule has 0 saturated heterocycles. The molecular formula is C12H17F3N4O. The van der Waals surface area contributed by atoms with E-state index in [1.807, 2.05) is 0 Å². The maximum atomic E-state index is 12.6. The number of hydrogen-bond donors (Lipinski definition) is 3. The summed E-state index contributed by atoms with van der Waals surface area (Å²) in [6.45, 7) is -0.155. The van der Waals surface area contributed by atoms with E-state index in [1.165, 1.54) is 6.07 Å². The van der Waals surface area contributed by atoms with Crippen LogP contribution in [0.2, 0.25) is 0 Å². The highest BCUT2D eigenvalue weighted by Crippen LogP contribution is 2.32. The molecule has 4 N–H and O–H groups in total. The number of aliphatic hydroxyl groups excluding tert-OH is 1. The third-order valence-electron chi connectivity index (χ3n) is 3.51. The molecule has 112 valence electrons. The largest absolute Gasteiger partial charge is 0.451 e. The van der Waals surface area contributed by atoms with Gasteiger partial charge >= 0.3 is 6.18 Å². The van der Waals surface area contributed by atoms with Crippen molar-refractivity contribution >= 4 is 11.6 Å². The third kappa shape index (κ3) is 3.30. The molecule has 1 aliphatic rings. The number of anilines is 2. The summed E-state index contributed by atoms with van der Waals surface area (Å²) in [7, 11) is 0. The Balaban J connectivity index is 2.26. The number of nitrogens with two attached hydrogens (primary N) is 1. The molecule has 1 saturated carbocycles. The zero-order valence-corrected chi connectivity index (χ0v) is 10.9. The Bertz CT molecular complexity index is 472. The van der Waals surface area contributed by atoms with Crippen LogP contribution in [-0.2, 0) is 6.18 Å². The Hall–Kier alpha value is -1.57. The molecule has 1 fully saturated rings. The second kappa shape index (κ2) is 5.43. The molecule has 0 radical (unpaired) electrons. The molecule has 20 heavy (non-hydrogen) atoms. The van der Waals surface area contributed by atoms with Crippen LogP contribution in [-0.4, -0.2) is 27.2 Å². The lowest BCUT2D eigenvalue weighted by atomic mass is 9.82. The summed E-state index contributed by atoms with van der Waals surface area (Å²) in [4.78, 5) is 6.64. The van der Waals surface area contributed by atoms with Gasteiger partial charge in [-0.15, -0.1) is 0 Å². The van der Waals surface area contributed by atoms with Gasteiger partial charge in [0.05, 0.1) is 12.1 Å². The number of nitrogens with zero attached hydrogens (tertiary/aromatic N) is 2. The van der Waals surface area contributed by atoms with Crippen molar-refractivity contribution in [3.8, 4) is 0 Å². The fraction of sp³-hybridized carbons (Fsp3) is 0.667. The topological polar surface area (TPSA) is 84.1 Å². The molecule has 1 heterocycles. The van der Waals surface area contributed by atoms with Crippen LogP contribution < -0.4 is 11.1 Å². The summed E-state index contributed by atoms with van der Waals surface area (Å²) in [5, 5.41) is 12.5. The smallest absolute Gasteiger partial charge is 0.394 e. The molecule has 2 rings (SSSR count). The lowest BCUT2D eigenvalue weighted by Gasteiger charge is -2.37. The number of halogens is 3. The molecule has 0 aromatic carbocycles. The van der Waals surface area contributed by atoms with Crippen LogP contribution in [0.5, 0.6) is 0 Å². The molecular weight excluding hydrogens is 273 g/mol. The van der Waals surface area contributed by atoms with Crippen LogP contribution in [0, 0.1) is 0 Å². The first-order chi connectivity index (χ1) is 9.35. The highest BCUT2D eigenvalue weighted by Gasteiger charge is 2.37. The summed E-state index contributed by atoms with van der Waals surface area (Å²) < 4.78 is 37.9. The number of hydrogen-bond acceptors (Lipinski definition) is 5. The van der Waals surface area contributed by atoms with Crippen molar-refractivity contribution in [1.82, 2.24) is 9.97 Å². The number of alkyl halides is 3. The summed E-state index contributed by atoms with van der Waals surface area (Å²) in [6.07, 6.45) is -0.377. The average Bonchev–Trinajstić information content (AvgIpc) is 2.38. The van der Waals surface area contributed by atoms with Gasteiger partial charge in [0, 0.05) is 6.07 Å². The normalized spacial score (nSPS) is 18.8. The van der Waals surface area contributed by atoms with Crippen LogP contribution in [0.25, 0.3) is 0 Å². The zero-order valence-electron chi connectivity index (χ0n) is 10.9. The predicted molar refractivity (Wildman–Crippen MR) is 68.0 cm³/mol. The van der Waals surface area contributed by atoms with E-state index in [2.05, 4.69) is 15.3 Å². The zero-order chi connectivity index (χ0) is 14.8. The summed E-state index contributed by atoms with van der Waals surface area (Å²) >= 11 is 0. The lowest BCUT2D eigenvalue weighted by molar-refractivity contribution is -0.144. The Morgan fingerprint density at radius 1 is 1.25 bits per heavy atom. The first kappa shape index (κ1) is 14.8. The van der Waals surface area contributed by atoms with Gasteiger partial charge in [0.25, 0.3) is 0 Å². The van der Waals surface area contributed by atoms with Crippen molar-refractivity contribution in [2.24, 2.45) is 0 Å². The molecule has 8 heteroatoms. The van der Waals surface area contributed by atoms with Crippen molar-refractivity contribution in [2.75, 3.05) is 17.7 Å². The second-order valence-corrected chi connectivity index (χ2v) is 5.12. The minimum Gasteiger partial charge on any atom is -0.394 e. The molecule has 1 aliphatic carbocycles. The van der Waals surface area contributed by atoms with Crippen LogP contribution >= 0.6 is 0 Å². The van der Waals surface area contributed by atoms with Crippen molar-refractivity contribution in [2.45, 2.75) is 43.8 Å².